The zero-order chi connectivity index (χ0) is 16.2. The van der Waals surface area contributed by atoms with E-state index in [1.807, 2.05) is 4.90 Å². The minimum Gasteiger partial charge on any atom is -0.356 e. The largest absolute Gasteiger partial charge is 0.356 e. The van der Waals surface area contributed by atoms with Crippen LogP contribution in [0.1, 0.15) is 38.5 Å². The summed E-state index contributed by atoms with van der Waals surface area (Å²) in [4.78, 5) is 28.3. The molecule has 0 aliphatic carbocycles. The van der Waals surface area contributed by atoms with Crippen LogP contribution in [0.3, 0.4) is 0 Å². The Morgan fingerprint density at radius 1 is 1.09 bits per heavy atom. The number of hydrogen-bond acceptors (Lipinski definition) is 4. The Bertz CT molecular complexity index is 422. The molecule has 0 aromatic rings. The van der Waals surface area contributed by atoms with E-state index in [9.17, 15) is 9.59 Å². The lowest BCUT2D eigenvalue weighted by molar-refractivity contribution is -0.132. The molecule has 0 aromatic heterocycles. The highest BCUT2D eigenvalue weighted by atomic mass is 16.2. The number of nitrogens with one attached hydrogen (secondary N) is 2. The summed E-state index contributed by atoms with van der Waals surface area (Å²) in [6, 6.07) is 1.26. The Hall–Kier alpha value is -1.14. The van der Waals surface area contributed by atoms with Crippen molar-refractivity contribution in [2.45, 2.75) is 50.6 Å². The zero-order valence-corrected chi connectivity index (χ0v) is 14.2. The van der Waals surface area contributed by atoms with Crippen LogP contribution in [0.15, 0.2) is 0 Å². The van der Waals surface area contributed by atoms with Crippen molar-refractivity contribution < 1.29 is 9.59 Å². The molecule has 2 amide bonds. The summed E-state index contributed by atoms with van der Waals surface area (Å²) in [6.07, 6.45) is 5.84. The predicted molar refractivity (Wildman–Crippen MR) is 89.0 cm³/mol. The maximum atomic E-state index is 12.1. The second-order valence-corrected chi connectivity index (χ2v) is 7.46. The minimum absolute atomic E-state index is 0.113. The van der Waals surface area contributed by atoms with E-state index in [1.54, 1.807) is 0 Å². The third kappa shape index (κ3) is 4.67. The third-order valence-corrected chi connectivity index (χ3v) is 5.56. The Kier molecular flexibility index (Phi) is 5.54. The van der Waals surface area contributed by atoms with Crippen molar-refractivity contribution in [3.8, 4) is 0 Å². The molecule has 2 bridgehead atoms. The average molecular weight is 322 g/mol. The van der Waals surface area contributed by atoms with Crippen molar-refractivity contribution in [3.05, 3.63) is 0 Å². The zero-order valence-electron chi connectivity index (χ0n) is 14.2. The van der Waals surface area contributed by atoms with Gasteiger partial charge in [-0.15, -0.1) is 0 Å². The number of carbonyl (C=O) groups is 2. The smallest absolute Gasteiger partial charge is 0.224 e. The second kappa shape index (κ2) is 7.62. The molecule has 0 radical (unpaired) electrons. The molecule has 0 aromatic carbocycles. The minimum atomic E-state index is 0.113. The summed E-state index contributed by atoms with van der Waals surface area (Å²) in [6.45, 7) is 3.97. The molecule has 3 rings (SSSR count). The summed E-state index contributed by atoms with van der Waals surface area (Å²) in [7, 11) is 2.08. The molecule has 3 aliphatic rings. The Balaban J connectivity index is 1.31. The molecule has 23 heavy (non-hydrogen) atoms. The number of piperidine rings is 1. The molecule has 0 saturated carbocycles. The van der Waals surface area contributed by atoms with Gasteiger partial charge in [0, 0.05) is 57.6 Å². The van der Waals surface area contributed by atoms with Gasteiger partial charge in [-0.1, -0.05) is 0 Å². The first kappa shape index (κ1) is 16.7. The molecular formula is C17H30N4O2. The highest BCUT2D eigenvalue weighted by molar-refractivity contribution is 5.79. The number of piperazine rings is 1. The van der Waals surface area contributed by atoms with Gasteiger partial charge in [-0.2, -0.15) is 0 Å². The van der Waals surface area contributed by atoms with Crippen LogP contribution in [-0.4, -0.2) is 73.5 Å². The number of rotatable bonds is 5. The first-order valence-electron chi connectivity index (χ1n) is 9.09. The second-order valence-electron chi connectivity index (χ2n) is 7.46. The molecule has 3 saturated heterocycles. The number of likely N-dealkylation sites (N-methyl/N-ethyl adjacent to an activating group) is 1. The highest BCUT2D eigenvalue weighted by Crippen LogP contribution is 2.32. The van der Waals surface area contributed by atoms with E-state index >= 15 is 0 Å². The summed E-state index contributed by atoms with van der Waals surface area (Å²) >= 11 is 0. The number of fused-ring (bicyclic) bond motifs is 2. The Labute approximate surface area is 139 Å². The van der Waals surface area contributed by atoms with Gasteiger partial charge in [-0.05, 0) is 38.6 Å². The molecule has 2 N–H and O–H groups in total. The van der Waals surface area contributed by atoms with Gasteiger partial charge >= 0.3 is 0 Å². The van der Waals surface area contributed by atoms with Gasteiger partial charge in [0.1, 0.15) is 0 Å². The van der Waals surface area contributed by atoms with Gasteiger partial charge in [0.05, 0.1) is 0 Å². The maximum absolute atomic E-state index is 12.1. The van der Waals surface area contributed by atoms with Gasteiger partial charge in [0.2, 0.25) is 11.8 Å². The van der Waals surface area contributed by atoms with Crippen LogP contribution in [0.25, 0.3) is 0 Å². The third-order valence-electron chi connectivity index (χ3n) is 5.56. The molecule has 6 heteroatoms. The molecule has 3 fully saturated rings. The van der Waals surface area contributed by atoms with E-state index in [2.05, 4.69) is 22.6 Å². The van der Waals surface area contributed by atoms with Crippen molar-refractivity contribution in [3.63, 3.8) is 0 Å². The SMILES string of the molecule is CN1CCN(C(=O)CCNC(=O)CC2CC3CCC(C2)N3)CC1. The molecule has 6 nitrogen and oxygen atoms in total. The van der Waals surface area contributed by atoms with E-state index < -0.39 is 0 Å². The van der Waals surface area contributed by atoms with E-state index in [-0.39, 0.29) is 11.8 Å². The molecule has 130 valence electrons. The fraction of sp³-hybridized carbons (Fsp3) is 0.882. The van der Waals surface area contributed by atoms with E-state index in [4.69, 9.17) is 0 Å². The van der Waals surface area contributed by atoms with Crippen LogP contribution in [0, 0.1) is 5.92 Å². The number of nitrogens with zero attached hydrogens (tertiary/aromatic N) is 2. The fourth-order valence-electron chi connectivity index (χ4n) is 4.20. The van der Waals surface area contributed by atoms with Crippen molar-refractivity contribution in [2.75, 3.05) is 39.8 Å². The maximum Gasteiger partial charge on any atom is 0.224 e. The molecule has 3 heterocycles. The standard InChI is InChI=1S/C17H30N4O2/c1-20-6-8-21(9-7-20)17(23)4-5-18-16(22)12-13-10-14-2-3-15(11-13)19-14/h13-15,19H,2-12H2,1H3,(H,18,22). The highest BCUT2D eigenvalue weighted by Gasteiger charge is 2.34. The average Bonchev–Trinajstić information content (AvgIpc) is 2.86. The lowest BCUT2D eigenvalue weighted by atomic mass is 9.89. The molecule has 2 unspecified atom stereocenters. The van der Waals surface area contributed by atoms with Crippen LogP contribution >= 0.6 is 0 Å². The Morgan fingerprint density at radius 3 is 2.39 bits per heavy atom. The van der Waals surface area contributed by atoms with Crippen LogP contribution in [-0.2, 0) is 9.59 Å². The van der Waals surface area contributed by atoms with Crippen LogP contribution in [0.2, 0.25) is 0 Å². The van der Waals surface area contributed by atoms with Gasteiger partial charge in [-0.3, -0.25) is 9.59 Å². The number of carbonyl (C=O) groups excluding carboxylic acids is 2. The predicted octanol–water partition coefficient (Wildman–Crippen LogP) is 0.187. The first-order valence-corrected chi connectivity index (χ1v) is 9.09. The molecule has 3 aliphatic heterocycles. The molecule has 2 atom stereocenters. The Morgan fingerprint density at radius 2 is 1.74 bits per heavy atom. The molecular weight excluding hydrogens is 292 g/mol. The lowest BCUT2D eigenvalue weighted by Gasteiger charge is -2.32. The van der Waals surface area contributed by atoms with Crippen LogP contribution < -0.4 is 10.6 Å². The summed E-state index contributed by atoms with van der Waals surface area (Å²) in [5.74, 6) is 0.794. The van der Waals surface area contributed by atoms with Crippen LogP contribution in [0.5, 0.6) is 0 Å². The van der Waals surface area contributed by atoms with Gasteiger partial charge in [0.25, 0.3) is 0 Å². The normalized spacial score (nSPS) is 31.2. The van der Waals surface area contributed by atoms with Crippen molar-refractivity contribution >= 4 is 11.8 Å². The topological polar surface area (TPSA) is 64.7 Å². The van der Waals surface area contributed by atoms with Gasteiger partial charge < -0.3 is 20.4 Å². The van der Waals surface area contributed by atoms with Crippen LogP contribution in [0.4, 0.5) is 0 Å². The van der Waals surface area contributed by atoms with E-state index in [1.165, 1.54) is 12.8 Å². The monoisotopic (exact) mass is 322 g/mol. The van der Waals surface area contributed by atoms with E-state index in [0.717, 1.165) is 39.0 Å². The molecule has 0 spiro atoms. The van der Waals surface area contributed by atoms with Crippen molar-refractivity contribution in [1.29, 1.82) is 0 Å². The summed E-state index contributed by atoms with van der Waals surface area (Å²) in [5.41, 5.74) is 0. The summed E-state index contributed by atoms with van der Waals surface area (Å²) < 4.78 is 0. The number of amides is 2. The van der Waals surface area contributed by atoms with E-state index in [0.29, 0.717) is 37.4 Å². The number of hydrogen-bond donors (Lipinski definition) is 2. The fourth-order valence-corrected chi connectivity index (χ4v) is 4.20. The quantitative estimate of drug-likeness (QED) is 0.758. The lowest BCUT2D eigenvalue weighted by Crippen LogP contribution is -2.47. The first-order chi connectivity index (χ1) is 11.1. The van der Waals surface area contributed by atoms with Crippen molar-refractivity contribution in [2.24, 2.45) is 5.92 Å². The van der Waals surface area contributed by atoms with Crippen molar-refractivity contribution in [1.82, 2.24) is 20.4 Å². The van der Waals surface area contributed by atoms with Gasteiger partial charge in [0.15, 0.2) is 0 Å². The summed E-state index contributed by atoms with van der Waals surface area (Å²) in [5, 5.41) is 6.55. The van der Waals surface area contributed by atoms with Gasteiger partial charge in [-0.25, -0.2) is 0 Å².